The summed E-state index contributed by atoms with van der Waals surface area (Å²) < 4.78 is 74.1. The van der Waals surface area contributed by atoms with Gasteiger partial charge >= 0.3 is 24.3 Å². The molecule has 0 aliphatic carbocycles. The lowest BCUT2D eigenvalue weighted by atomic mass is 10.7. The van der Waals surface area contributed by atoms with Crippen molar-refractivity contribution < 1.29 is 45.4 Å². The fourth-order valence-electron chi connectivity index (χ4n) is 0.367. The van der Waals surface area contributed by atoms with E-state index in [0.29, 0.717) is 0 Å². The summed E-state index contributed by atoms with van der Waals surface area (Å²) in [4.78, 5) is 19.5. The topological polar surface area (TPSA) is 52.6 Å². The van der Waals surface area contributed by atoms with Crippen molar-refractivity contribution in [2.75, 3.05) is 13.2 Å². The molecule has 0 N–H and O–H groups in total. The number of hydrogen-bond donors (Lipinski definition) is 0. The number of hydrogen-bond acceptors (Lipinski definition) is 4. The first kappa shape index (κ1) is 18.9. The normalized spacial score (nSPS) is 11.1. The molecule has 108 valence electrons. The molecule has 10 heteroatoms. The van der Waals surface area contributed by atoms with E-state index in [0.717, 1.165) is 13.8 Å². The summed E-state index contributed by atoms with van der Waals surface area (Å²) in [6, 6.07) is 0. The Morgan fingerprint density at radius 3 is 1.06 bits per heavy atom. The Kier molecular flexibility index (Phi) is 8.15. The molecule has 0 fully saturated rings. The second-order valence-electron chi connectivity index (χ2n) is 2.79. The molecule has 0 aromatic carbocycles. The van der Waals surface area contributed by atoms with Crippen LogP contribution in [0.5, 0.6) is 0 Å². The third kappa shape index (κ3) is 24.0. The maximum absolute atomic E-state index is 11.1. The highest BCUT2D eigenvalue weighted by Gasteiger charge is 2.29. The third-order valence-corrected chi connectivity index (χ3v) is 0.878. The van der Waals surface area contributed by atoms with E-state index in [4.69, 9.17) is 0 Å². The van der Waals surface area contributed by atoms with Gasteiger partial charge in [-0.25, -0.2) is 0 Å². The van der Waals surface area contributed by atoms with Crippen LogP contribution in [0.2, 0.25) is 0 Å². The van der Waals surface area contributed by atoms with Gasteiger partial charge in [0, 0.05) is 13.8 Å². The standard InChI is InChI=1S/2C4H5F3O2/c2*1-3(8)9-2-4(5,6)7/h2*2H2,1H3. The summed E-state index contributed by atoms with van der Waals surface area (Å²) in [6.07, 6.45) is -8.82. The van der Waals surface area contributed by atoms with Gasteiger partial charge in [-0.15, -0.1) is 0 Å². The van der Waals surface area contributed by atoms with Gasteiger partial charge in [-0.2, -0.15) is 26.3 Å². The van der Waals surface area contributed by atoms with Crippen LogP contribution < -0.4 is 0 Å². The van der Waals surface area contributed by atoms with Crippen molar-refractivity contribution in [3.8, 4) is 0 Å². The second kappa shape index (κ2) is 7.77. The highest BCUT2D eigenvalue weighted by atomic mass is 19.4. The molecule has 0 bridgehead atoms. The maximum Gasteiger partial charge on any atom is 0.422 e. The molecular formula is C8H10F6O4. The van der Waals surface area contributed by atoms with Gasteiger partial charge in [0.2, 0.25) is 0 Å². The molecule has 0 aromatic heterocycles. The van der Waals surface area contributed by atoms with Crippen LogP contribution in [0.1, 0.15) is 13.8 Å². The fourth-order valence-corrected chi connectivity index (χ4v) is 0.367. The molecule has 4 nitrogen and oxygen atoms in total. The molecule has 0 heterocycles. The molecular weight excluding hydrogens is 274 g/mol. The maximum atomic E-state index is 11.1. The first-order valence-corrected chi connectivity index (χ1v) is 4.23. The van der Waals surface area contributed by atoms with E-state index in [1.807, 2.05) is 0 Å². The monoisotopic (exact) mass is 284 g/mol. The Hall–Kier alpha value is -1.48. The van der Waals surface area contributed by atoms with Gasteiger partial charge in [0.1, 0.15) is 0 Å². The predicted octanol–water partition coefficient (Wildman–Crippen LogP) is 2.22. The molecule has 18 heavy (non-hydrogen) atoms. The van der Waals surface area contributed by atoms with Crippen LogP contribution in [0.3, 0.4) is 0 Å². The summed E-state index contributed by atoms with van der Waals surface area (Å²) in [7, 11) is 0. The SMILES string of the molecule is CC(=O)OCC(F)(F)F.CC(=O)OCC(F)(F)F. The van der Waals surface area contributed by atoms with E-state index >= 15 is 0 Å². The van der Waals surface area contributed by atoms with Crippen molar-refractivity contribution >= 4 is 11.9 Å². The third-order valence-electron chi connectivity index (χ3n) is 0.878. The average Bonchev–Trinajstić information content (AvgIpc) is 2.10. The average molecular weight is 284 g/mol. The molecule has 0 saturated carbocycles. The fraction of sp³-hybridized carbons (Fsp3) is 0.750. The number of rotatable bonds is 2. The van der Waals surface area contributed by atoms with Gasteiger partial charge in [-0.05, 0) is 0 Å². The number of carbonyl (C=O) groups excluding carboxylic acids is 2. The van der Waals surface area contributed by atoms with E-state index in [-0.39, 0.29) is 0 Å². The molecule has 0 aromatic rings. The van der Waals surface area contributed by atoms with E-state index < -0.39 is 37.5 Å². The zero-order valence-corrected chi connectivity index (χ0v) is 9.31. The van der Waals surface area contributed by atoms with Gasteiger partial charge in [-0.1, -0.05) is 0 Å². The summed E-state index contributed by atoms with van der Waals surface area (Å²) in [5.41, 5.74) is 0. The van der Waals surface area contributed by atoms with E-state index in [2.05, 4.69) is 9.47 Å². The summed E-state index contributed by atoms with van der Waals surface area (Å²) in [5, 5.41) is 0. The Balaban J connectivity index is 0. The minimum Gasteiger partial charge on any atom is -0.456 e. The molecule has 0 spiro atoms. The highest BCUT2D eigenvalue weighted by Crippen LogP contribution is 2.14. The van der Waals surface area contributed by atoms with Crippen molar-refractivity contribution in [1.29, 1.82) is 0 Å². The Morgan fingerprint density at radius 1 is 0.778 bits per heavy atom. The largest absolute Gasteiger partial charge is 0.456 e. The Morgan fingerprint density at radius 2 is 1.00 bits per heavy atom. The predicted molar refractivity (Wildman–Crippen MR) is 45.4 cm³/mol. The van der Waals surface area contributed by atoms with Crippen LogP contribution in [-0.4, -0.2) is 37.5 Å². The Labute approximate surface area is 97.8 Å². The van der Waals surface area contributed by atoms with Crippen LogP contribution in [0.25, 0.3) is 0 Å². The second-order valence-corrected chi connectivity index (χ2v) is 2.79. The lowest BCUT2D eigenvalue weighted by Gasteiger charge is -2.04. The van der Waals surface area contributed by atoms with E-state index in [1.165, 1.54) is 0 Å². The van der Waals surface area contributed by atoms with Gasteiger partial charge < -0.3 is 9.47 Å². The number of carbonyl (C=O) groups is 2. The zero-order valence-electron chi connectivity index (χ0n) is 9.31. The quantitative estimate of drug-likeness (QED) is 0.576. The minimum absolute atomic E-state index is 0.922. The number of halogens is 6. The van der Waals surface area contributed by atoms with Crippen LogP contribution in [-0.2, 0) is 19.1 Å². The summed E-state index contributed by atoms with van der Waals surface area (Å²) in [5.74, 6) is -1.85. The molecule has 0 aliphatic rings. The number of esters is 2. The van der Waals surface area contributed by atoms with Crippen molar-refractivity contribution in [2.45, 2.75) is 26.2 Å². The lowest BCUT2D eigenvalue weighted by molar-refractivity contribution is -0.184. The van der Waals surface area contributed by atoms with E-state index in [1.54, 1.807) is 0 Å². The molecule has 0 atom stereocenters. The smallest absolute Gasteiger partial charge is 0.422 e. The molecule has 0 aliphatic heterocycles. The molecule has 0 amide bonds. The van der Waals surface area contributed by atoms with Gasteiger partial charge in [0.15, 0.2) is 13.2 Å². The number of alkyl halides is 6. The summed E-state index contributed by atoms with van der Waals surface area (Å²) in [6.45, 7) is -1.15. The van der Waals surface area contributed by atoms with E-state index in [9.17, 15) is 35.9 Å². The minimum atomic E-state index is -4.41. The highest BCUT2D eigenvalue weighted by molar-refractivity contribution is 5.66. The molecule has 0 saturated heterocycles. The van der Waals surface area contributed by atoms with Gasteiger partial charge in [0.25, 0.3) is 0 Å². The van der Waals surface area contributed by atoms with Crippen LogP contribution in [0.4, 0.5) is 26.3 Å². The van der Waals surface area contributed by atoms with Crippen LogP contribution in [0, 0.1) is 0 Å². The van der Waals surface area contributed by atoms with Crippen LogP contribution in [0.15, 0.2) is 0 Å². The Bertz CT molecular complexity index is 242. The van der Waals surface area contributed by atoms with Crippen LogP contribution >= 0.6 is 0 Å². The first-order chi connectivity index (χ1) is 7.83. The van der Waals surface area contributed by atoms with Crippen molar-refractivity contribution in [2.24, 2.45) is 0 Å². The number of ether oxygens (including phenoxy) is 2. The molecule has 0 rings (SSSR count). The molecule has 0 unspecified atom stereocenters. The molecule has 0 radical (unpaired) electrons. The van der Waals surface area contributed by atoms with Gasteiger partial charge in [-0.3, -0.25) is 9.59 Å². The van der Waals surface area contributed by atoms with Crippen molar-refractivity contribution in [3.05, 3.63) is 0 Å². The van der Waals surface area contributed by atoms with Crippen molar-refractivity contribution in [1.82, 2.24) is 0 Å². The van der Waals surface area contributed by atoms with Gasteiger partial charge in [0.05, 0.1) is 0 Å². The zero-order chi connectivity index (χ0) is 15.0. The van der Waals surface area contributed by atoms with Crippen molar-refractivity contribution in [3.63, 3.8) is 0 Å². The summed E-state index contributed by atoms with van der Waals surface area (Å²) >= 11 is 0. The lowest BCUT2D eigenvalue weighted by Crippen LogP contribution is -2.18. The first-order valence-electron chi connectivity index (χ1n) is 4.23.